The smallest absolute Gasteiger partial charge is 0.242 e. The molecule has 3 amide bonds. The van der Waals surface area contributed by atoms with Crippen LogP contribution in [0.4, 0.5) is 0 Å². The zero-order chi connectivity index (χ0) is 23.0. The van der Waals surface area contributed by atoms with Gasteiger partial charge < -0.3 is 19.9 Å². The summed E-state index contributed by atoms with van der Waals surface area (Å²) in [4.78, 5) is 42.2. The molecular weight excluding hydrogens is 396 g/mol. The number of nitrogens with zero attached hydrogens (tertiary/aromatic N) is 3. The van der Waals surface area contributed by atoms with Crippen LogP contribution in [-0.2, 0) is 14.4 Å². The molecule has 1 saturated heterocycles. The van der Waals surface area contributed by atoms with Crippen LogP contribution in [-0.4, -0.2) is 90.9 Å². The monoisotopic (exact) mass is 432 g/mol. The molecular formula is C23H36N4O4. The first-order valence-corrected chi connectivity index (χ1v) is 10.8. The summed E-state index contributed by atoms with van der Waals surface area (Å²) in [6, 6.07) is 7.66. The molecule has 1 aromatic rings. The van der Waals surface area contributed by atoms with Gasteiger partial charge in [-0.15, -0.1) is 0 Å². The largest absolute Gasteiger partial charge is 0.493 e. The van der Waals surface area contributed by atoms with Crippen molar-refractivity contribution >= 4 is 17.7 Å². The molecule has 1 aliphatic heterocycles. The van der Waals surface area contributed by atoms with E-state index in [1.54, 1.807) is 11.9 Å². The highest BCUT2D eigenvalue weighted by molar-refractivity contribution is 5.84. The van der Waals surface area contributed by atoms with Crippen LogP contribution in [0.25, 0.3) is 0 Å². The Kier molecular flexibility index (Phi) is 8.86. The van der Waals surface area contributed by atoms with E-state index in [1.165, 1.54) is 4.90 Å². The molecule has 0 aliphatic carbocycles. The Labute approximate surface area is 185 Å². The summed E-state index contributed by atoms with van der Waals surface area (Å²) in [5, 5.41) is 2.95. The second kappa shape index (κ2) is 11.1. The van der Waals surface area contributed by atoms with Crippen LogP contribution in [0.2, 0.25) is 0 Å². The first-order valence-electron chi connectivity index (χ1n) is 10.8. The fraction of sp³-hybridized carbons (Fsp3) is 0.609. The summed E-state index contributed by atoms with van der Waals surface area (Å²) >= 11 is 0. The number of nitrogens with one attached hydrogen (secondary N) is 1. The molecule has 1 heterocycles. The third-order valence-electron chi connectivity index (χ3n) is 5.01. The fourth-order valence-electron chi connectivity index (χ4n) is 3.29. The van der Waals surface area contributed by atoms with Gasteiger partial charge in [0.1, 0.15) is 5.75 Å². The quantitative estimate of drug-likeness (QED) is 0.669. The van der Waals surface area contributed by atoms with Gasteiger partial charge in [-0.1, -0.05) is 17.7 Å². The van der Waals surface area contributed by atoms with Gasteiger partial charge in [0, 0.05) is 38.8 Å². The van der Waals surface area contributed by atoms with Crippen LogP contribution in [0.3, 0.4) is 0 Å². The molecule has 172 valence electrons. The number of rotatable bonds is 8. The maximum absolute atomic E-state index is 12.6. The van der Waals surface area contributed by atoms with Crippen molar-refractivity contribution in [3.8, 4) is 5.75 Å². The maximum atomic E-state index is 12.6. The molecule has 1 N–H and O–H groups in total. The summed E-state index contributed by atoms with van der Waals surface area (Å²) in [7, 11) is 1.64. The molecule has 1 fully saturated rings. The number of benzene rings is 1. The number of aryl methyl sites for hydroxylation is 1. The molecule has 0 bridgehead atoms. The van der Waals surface area contributed by atoms with Gasteiger partial charge >= 0.3 is 0 Å². The number of hydrogen-bond acceptors (Lipinski definition) is 5. The van der Waals surface area contributed by atoms with E-state index in [2.05, 4.69) is 5.32 Å². The highest BCUT2D eigenvalue weighted by Gasteiger charge is 2.25. The molecule has 0 aromatic heterocycles. The molecule has 0 saturated carbocycles. The van der Waals surface area contributed by atoms with E-state index in [4.69, 9.17) is 4.74 Å². The molecule has 1 aliphatic rings. The van der Waals surface area contributed by atoms with Gasteiger partial charge in [0.05, 0.1) is 26.1 Å². The van der Waals surface area contributed by atoms with E-state index in [9.17, 15) is 14.4 Å². The number of hydrogen-bond donors (Lipinski definition) is 1. The van der Waals surface area contributed by atoms with Crippen molar-refractivity contribution in [2.75, 3.05) is 52.9 Å². The zero-order valence-corrected chi connectivity index (χ0v) is 19.4. The van der Waals surface area contributed by atoms with Crippen molar-refractivity contribution in [3.63, 3.8) is 0 Å². The van der Waals surface area contributed by atoms with Crippen LogP contribution in [0.15, 0.2) is 24.3 Å². The summed E-state index contributed by atoms with van der Waals surface area (Å²) in [5.74, 6) is 0.517. The molecule has 31 heavy (non-hydrogen) atoms. The van der Waals surface area contributed by atoms with E-state index in [1.807, 2.05) is 56.9 Å². The standard InChI is InChI=1S/C23H36N4O4/c1-18-6-8-19(9-7-18)31-15-10-21(29)25(5)17-22(30)27-13-11-26(12-14-27)16-20(28)24-23(2,3)4/h6-9H,10-17H2,1-5H3,(H,24,28). The van der Waals surface area contributed by atoms with E-state index in [0.29, 0.717) is 32.7 Å². The highest BCUT2D eigenvalue weighted by Crippen LogP contribution is 2.12. The minimum atomic E-state index is -0.253. The molecule has 8 nitrogen and oxygen atoms in total. The van der Waals surface area contributed by atoms with Gasteiger partial charge in [-0.2, -0.15) is 0 Å². The van der Waals surface area contributed by atoms with Crippen molar-refractivity contribution in [3.05, 3.63) is 29.8 Å². The lowest BCUT2D eigenvalue weighted by Gasteiger charge is -2.35. The lowest BCUT2D eigenvalue weighted by atomic mass is 10.1. The maximum Gasteiger partial charge on any atom is 0.242 e. The predicted molar refractivity (Wildman–Crippen MR) is 120 cm³/mol. The Morgan fingerprint density at radius 2 is 1.68 bits per heavy atom. The van der Waals surface area contributed by atoms with Crippen molar-refractivity contribution in [1.82, 2.24) is 20.0 Å². The van der Waals surface area contributed by atoms with Crippen molar-refractivity contribution < 1.29 is 19.1 Å². The summed E-state index contributed by atoms with van der Waals surface area (Å²) in [5.41, 5.74) is 0.896. The second-order valence-corrected chi connectivity index (χ2v) is 9.12. The number of likely N-dealkylation sites (N-methyl/N-ethyl adjacent to an activating group) is 1. The number of carbonyl (C=O) groups excluding carboxylic acids is 3. The molecule has 0 radical (unpaired) electrons. The summed E-state index contributed by atoms with van der Waals surface area (Å²) in [6.07, 6.45) is 0.217. The summed E-state index contributed by atoms with van der Waals surface area (Å²) in [6.45, 7) is 10.9. The Morgan fingerprint density at radius 1 is 1.06 bits per heavy atom. The first kappa shape index (κ1) is 24.7. The van der Waals surface area contributed by atoms with Gasteiger partial charge in [-0.3, -0.25) is 19.3 Å². The van der Waals surface area contributed by atoms with Crippen LogP contribution >= 0.6 is 0 Å². The Hall–Kier alpha value is -2.61. The van der Waals surface area contributed by atoms with Gasteiger partial charge in [0.25, 0.3) is 0 Å². The van der Waals surface area contributed by atoms with Crippen LogP contribution in [0, 0.1) is 6.92 Å². The lowest BCUT2D eigenvalue weighted by Crippen LogP contribution is -2.54. The van der Waals surface area contributed by atoms with Crippen LogP contribution < -0.4 is 10.1 Å². The first-order chi connectivity index (χ1) is 14.5. The van der Waals surface area contributed by atoms with Crippen molar-refractivity contribution in [2.45, 2.75) is 39.7 Å². The van der Waals surface area contributed by atoms with Gasteiger partial charge in [0.2, 0.25) is 17.7 Å². The number of piperazine rings is 1. The molecule has 2 rings (SSSR count). The van der Waals surface area contributed by atoms with Gasteiger partial charge in [0.15, 0.2) is 0 Å². The van der Waals surface area contributed by atoms with E-state index in [0.717, 1.165) is 11.3 Å². The normalized spacial score (nSPS) is 14.8. The number of amides is 3. The predicted octanol–water partition coefficient (Wildman–Crippen LogP) is 1.28. The SMILES string of the molecule is Cc1ccc(OCCC(=O)N(C)CC(=O)N2CCN(CC(=O)NC(C)(C)C)CC2)cc1. The Balaban J connectivity index is 1.67. The molecule has 0 unspecified atom stereocenters. The highest BCUT2D eigenvalue weighted by atomic mass is 16.5. The third-order valence-corrected chi connectivity index (χ3v) is 5.01. The van der Waals surface area contributed by atoms with E-state index in [-0.39, 0.29) is 42.8 Å². The average Bonchev–Trinajstić information content (AvgIpc) is 2.68. The van der Waals surface area contributed by atoms with E-state index >= 15 is 0 Å². The van der Waals surface area contributed by atoms with Crippen LogP contribution in [0.5, 0.6) is 5.75 Å². The zero-order valence-electron chi connectivity index (χ0n) is 19.4. The van der Waals surface area contributed by atoms with Crippen molar-refractivity contribution in [2.24, 2.45) is 0 Å². The molecule has 0 atom stereocenters. The minimum absolute atomic E-state index is 0.00883. The molecule has 8 heteroatoms. The number of carbonyl (C=O) groups is 3. The molecule has 1 aromatic carbocycles. The molecule has 0 spiro atoms. The van der Waals surface area contributed by atoms with Gasteiger partial charge in [-0.25, -0.2) is 0 Å². The second-order valence-electron chi connectivity index (χ2n) is 9.12. The Morgan fingerprint density at radius 3 is 2.26 bits per heavy atom. The number of ether oxygens (including phenoxy) is 1. The average molecular weight is 433 g/mol. The minimum Gasteiger partial charge on any atom is -0.493 e. The summed E-state index contributed by atoms with van der Waals surface area (Å²) < 4.78 is 5.60. The van der Waals surface area contributed by atoms with E-state index < -0.39 is 0 Å². The fourth-order valence-corrected chi connectivity index (χ4v) is 3.29. The van der Waals surface area contributed by atoms with Gasteiger partial charge in [-0.05, 0) is 39.8 Å². The Bertz CT molecular complexity index is 750. The van der Waals surface area contributed by atoms with Crippen LogP contribution in [0.1, 0.15) is 32.8 Å². The topological polar surface area (TPSA) is 82.2 Å². The lowest BCUT2D eigenvalue weighted by molar-refractivity contribution is -0.140. The van der Waals surface area contributed by atoms with Crippen molar-refractivity contribution in [1.29, 1.82) is 0 Å². The third kappa shape index (κ3) is 8.96.